The van der Waals surface area contributed by atoms with Gasteiger partial charge in [0.05, 0.1) is 20.6 Å². The molecule has 3 rings (SSSR count). The van der Waals surface area contributed by atoms with Gasteiger partial charge in [-0.3, -0.25) is 4.79 Å². The highest BCUT2D eigenvalue weighted by atomic mass is 35.5. The van der Waals surface area contributed by atoms with Crippen LogP contribution in [-0.2, 0) is 21.2 Å². The molecule has 0 aromatic heterocycles. The molecule has 0 heterocycles. The molecule has 3 aromatic rings. The molecule has 0 aliphatic carbocycles. The lowest BCUT2D eigenvalue weighted by Crippen LogP contribution is -2.45. The molecule has 1 atom stereocenters. The zero-order valence-corrected chi connectivity index (χ0v) is 18.6. The van der Waals surface area contributed by atoms with E-state index < -0.39 is 22.0 Å². The van der Waals surface area contributed by atoms with Crippen molar-refractivity contribution in [3.63, 3.8) is 0 Å². The summed E-state index contributed by atoms with van der Waals surface area (Å²) in [6.45, 7) is 0. The standard InChI is InChI=1S/C21H17Cl3N2O3S/c22-15-9-11-16(12-10-15)30(28,29)26-19(13-14-5-2-1-3-6-14)21(27)25-20-17(23)7-4-8-18(20)24/h1-12,19,26H,13H2,(H,25,27)/t19-/m0/s1. The molecule has 0 saturated heterocycles. The Balaban J connectivity index is 1.90. The number of hydrogen-bond donors (Lipinski definition) is 2. The Hall–Kier alpha value is -2.09. The van der Waals surface area contributed by atoms with Crippen LogP contribution in [0.15, 0.2) is 77.7 Å². The van der Waals surface area contributed by atoms with Gasteiger partial charge in [0, 0.05) is 5.02 Å². The minimum Gasteiger partial charge on any atom is -0.322 e. The van der Waals surface area contributed by atoms with Crippen LogP contribution in [0, 0.1) is 0 Å². The lowest BCUT2D eigenvalue weighted by molar-refractivity contribution is -0.117. The highest BCUT2D eigenvalue weighted by molar-refractivity contribution is 7.89. The van der Waals surface area contributed by atoms with Crippen molar-refractivity contribution in [2.75, 3.05) is 5.32 Å². The van der Waals surface area contributed by atoms with Crippen molar-refractivity contribution < 1.29 is 13.2 Å². The van der Waals surface area contributed by atoms with Gasteiger partial charge in [-0.05, 0) is 48.4 Å². The number of para-hydroxylation sites is 1. The average Bonchev–Trinajstić information content (AvgIpc) is 2.71. The maximum absolute atomic E-state index is 13.0. The van der Waals surface area contributed by atoms with E-state index in [4.69, 9.17) is 34.8 Å². The molecule has 156 valence electrons. The van der Waals surface area contributed by atoms with E-state index in [1.165, 1.54) is 24.3 Å². The lowest BCUT2D eigenvalue weighted by atomic mass is 10.1. The summed E-state index contributed by atoms with van der Waals surface area (Å²) in [6, 6.07) is 18.4. The molecule has 2 N–H and O–H groups in total. The number of halogens is 3. The summed E-state index contributed by atoms with van der Waals surface area (Å²) >= 11 is 18.1. The summed E-state index contributed by atoms with van der Waals surface area (Å²) in [5.74, 6) is -0.591. The zero-order valence-electron chi connectivity index (χ0n) is 15.5. The summed E-state index contributed by atoms with van der Waals surface area (Å²) in [4.78, 5) is 13.0. The molecule has 0 spiro atoms. The predicted octanol–water partition coefficient (Wildman–Crippen LogP) is 5.18. The fourth-order valence-electron chi connectivity index (χ4n) is 2.73. The van der Waals surface area contributed by atoms with E-state index >= 15 is 0 Å². The van der Waals surface area contributed by atoms with Crippen LogP contribution >= 0.6 is 34.8 Å². The molecule has 0 bridgehead atoms. The Morgan fingerprint density at radius 1 is 0.833 bits per heavy atom. The number of carbonyl (C=O) groups is 1. The zero-order chi connectivity index (χ0) is 21.7. The molecular weight excluding hydrogens is 467 g/mol. The van der Waals surface area contributed by atoms with E-state index in [1.54, 1.807) is 30.3 Å². The van der Waals surface area contributed by atoms with E-state index in [0.717, 1.165) is 5.56 Å². The number of rotatable bonds is 7. The topological polar surface area (TPSA) is 75.3 Å². The molecule has 5 nitrogen and oxygen atoms in total. The molecule has 0 aliphatic heterocycles. The van der Waals surface area contributed by atoms with Gasteiger partial charge in [-0.25, -0.2) is 8.42 Å². The number of hydrogen-bond acceptors (Lipinski definition) is 3. The van der Waals surface area contributed by atoms with Crippen LogP contribution in [0.4, 0.5) is 5.69 Å². The summed E-state index contributed by atoms with van der Waals surface area (Å²) < 4.78 is 28.2. The number of amides is 1. The van der Waals surface area contributed by atoms with Crippen molar-refractivity contribution in [3.05, 3.63) is 93.4 Å². The van der Waals surface area contributed by atoms with Crippen LogP contribution in [0.2, 0.25) is 15.1 Å². The van der Waals surface area contributed by atoms with Crippen LogP contribution < -0.4 is 10.0 Å². The predicted molar refractivity (Wildman–Crippen MR) is 121 cm³/mol. The van der Waals surface area contributed by atoms with E-state index in [1.807, 2.05) is 18.2 Å². The Bertz CT molecular complexity index is 1120. The van der Waals surface area contributed by atoms with Crippen LogP contribution in [0.25, 0.3) is 0 Å². The van der Waals surface area contributed by atoms with Crippen molar-refractivity contribution in [3.8, 4) is 0 Å². The highest BCUT2D eigenvalue weighted by Gasteiger charge is 2.27. The third kappa shape index (κ3) is 5.74. The first-order chi connectivity index (χ1) is 14.3. The van der Waals surface area contributed by atoms with Crippen molar-refractivity contribution >= 4 is 56.4 Å². The largest absolute Gasteiger partial charge is 0.322 e. The van der Waals surface area contributed by atoms with Crippen molar-refractivity contribution in [2.45, 2.75) is 17.4 Å². The smallest absolute Gasteiger partial charge is 0.242 e. The molecular formula is C21H17Cl3N2O3S. The maximum Gasteiger partial charge on any atom is 0.242 e. The van der Waals surface area contributed by atoms with Gasteiger partial charge in [-0.1, -0.05) is 71.2 Å². The quantitative estimate of drug-likeness (QED) is 0.486. The number of carbonyl (C=O) groups excluding carboxylic acids is 1. The first-order valence-electron chi connectivity index (χ1n) is 8.83. The number of nitrogens with one attached hydrogen (secondary N) is 2. The van der Waals surface area contributed by atoms with Gasteiger partial charge in [0.15, 0.2) is 0 Å². The van der Waals surface area contributed by atoms with Crippen molar-refractivity contribution in [1.29, 1.82) is 0 Å². The molecule has 0 aliphatic rings. The summed E-state index contributed by atoms with van der Waals surface area (Å²) in [5, 5.41) is 3.53. The number of sulfonamides is 1. The van der Waals surface area contributed by atoms with E-state index in [-0.39, 0.29) is 27.0 Å². The fraction of sp³-hybridized carbons (Fsp3) is 0.0952. The second-order valence-electron chi connectivity index (χ2n) is 6.40. The van der Waals surface area contributed by atoms with Gasteiger partial charge in [-0.2, -0.15) is 4.72 Å². The van der Waals surface area contributed by atoms with Gasteiger partial charge < -0.3 is 5.32 Å². The molecule has 0 unspecified atom stereocenters. The summed E-state index contributed by atoms with van der Waals surface area (Å²) in [6.07, 6.45) is 0.127. The minimum absolute atomic E-state index is 0.00598. The first-order valence-corrected chi connectivity index (χ1v) is 11.4. The SMILES string of the molecule is O=C(Nc1c(Cl)cccc1Cl)[C@H](Cc1ccccc1)NS(=O)(=O)c1ccc(Cl)cc1. The molecule has 1 amide bonds. The fourth-order valence-corrected chi connectivity index (χ4v) is 4.55. The number of anilines is 1. The molecule has 3 aromatic carbocycles. The van der Waals surface area contributed by atoms with Crippen LogP contribution in [0.1, 0.15) is 5.56 Å². The monoisotopic (exact) mass is 482 g/mol. The van der Waals surface area contributed by atoms with Gasteiger partial charge in [0.1, 0.15) is 6.04 Å². The molecule has 0 fully saturated rings. The molecule has 30 heavy (non-hydrogen) atoms. The second kappa shape index (κ2) is 9.81. The Labute approximate surface area is 190 Å². The Kier molecular flexibility index (Phi) is 7.39. The Morgan fingerprint density at radius 3 is 2.03 bits per heavy atom. The second-order valence-corrected chi connectivity index (χ2v) is 9.37. The van der Waals surface area contributed by atoms with Crippen LogP contribution in [0.3, 0.4) is 0 Å². The van der Waals surface area contributed by atoms with Crippen LogP contribution in [-0.4, -0.2) is 20.4 Å². The first kappa shape index (κ1) is 22.6. The van der Waals surface area contributed by atoms with Crippen LogP contribution in [0.5, 0.6) is 0 Å². The molecule has 9 heteroatoms. The van der Waals surface area contributed by atoms with Crippen molar-refractivity contribution in [2.24, 2.45) is 0 Å². The maximum atomic E-state index is 13.0. The van der Waals surface area contributed by atoms with Gasteiger partial charge in [0.2, 0.25) is 15.9 Å². The number of benzene rings is 3. The minimum atomic E-state index is -3.99. The molecule has 0 saturated carbocycles. The van der Waals surface area contributed by atoms with Gasteiger partial charge in [-0.15, -0.1) is 0 Å². The lowest BCUT2D eigenvalue weighted by Gasteiger charge is -2.20. The van der Waals surface area contributed by atoms with E-state index in [0.29, 0.717) is 5.02 Å². The van der Waals surface area contributed by atoms with Gasteiger partial charge in [0.25, 0.3) is 0 Å². The third-order valence-electron chi connectivity index (χ3n) is 4.23. The van der Waals surface area contributed by atoms with Crippen molar-refractivity contribution in [1.82, 2.24) is 4.72 Å². The Morgan fingerprint density at radius 2 is 1.43 bits per heavy atom. The third-order valence-corrected chi connectivity index (χ3v) is 6.60. The van der Waals surface area contributed by atoms with Gasteiger partial charge >= 0.3 is 0 Å². The average molecular weight is 484 g/mol. The molecule has 0 radical (unpaired) electrons. The summed E-state index contributed by atoms with van der Waals surface area (Å²) in [7, 11) is -3.99. The van der Waals surface area contributed by atoms with E-state index in [2.05, 4.69) is 10.0 Å². The summed E-state index contributed by atoms with van der Waals surface area (Å²) in [5.41, 5.74) is 0.997. The highest BCUT2D eigenvalue weighted by Crippen LogP contribution is 2.30. The van der Waals surface area contributed by atoms with E-state index in [9.17, 15) is 13.2 Å². The normalized spacial score (nSPS) is 12.4.